The van der Waals surface area contributed by atoms with Gasteiger partial charge in [-0.2, -0.15) is 0 Å². The molecule has 0 atom stereocenters. The van der Waals surface area contributed by atoms with Crippen molar-refractivity contribution < 1.29 is 14.3 Å². The molecule has 2 aromatic carbocycles. The van der Waals surface area contributed by atoms with E-state index in [0.717, 1.165) is 0 Å². The molecule has 2 aromatic rings. The van der Waals surface area contributed by atoms with Crippen LogP contribution >= 0.6 is 15.9 Å². The number of carbonyl (C=O) groups is 2. The molecule has 0 fully saturated rings. The molecule has 0 saturated heterocycles. The topological polar surface area (TPSA) is 67.4 Å². The minimum Gasteiger partial charge on any atom is -0.496 e. The summed E-state index contributed by atoms with van der Waals surface area (Å²) in [5, 5.41) is 5.29. The zero-order chi connectivity index (χ0) is 16.1. The predicted octanol–water partition coefficient (Wildman–Crippen LogP) is 3.07. The van der Waals surface area contributed by atoms with Gasteiger partial charge in [0.15, 0.2) is 0 Å². The van der Waals surface area contributed by atoms with E-state index in [1.54, 1.807) is 56.6 Å². The molecular formula is C16H15BrN2O3. The fraction of sp³-hybridized carbons (Fsp3) is 0.125. The Balaban J connectivity index is 2.26. The molecule has 22 heavy (non-hydrogen) atoms. The molecule has 0 heterocycles. The maximum atomic E-state index is 12.3. The van der Waals surface area contributed by atoms with Gasteiger partial charge in [-0.1, -0.05) is 12.1 Å². The molecule has 0 bridgehead atoms. The van der Waals surface area contributed by atoms with E-state index in [-0.39, 0.29) is 11.8 Å². The Labute approximate surface area is 136 Å². The highest BCUT2D eigenvalue weighted by Gasteiger charge is 2.14. The number of para-hydroxylation sites is 1. The molecule has 0 aromatic heterocycles. The van der Waals surface area contributed by atoms with Crippen molar-refractivity contribution in [1.29, 1.82) is 0 Å². The van der Waals surface area contributed by atoms with Gasteiger partial charge in [0.2, 0.25) is 0 Å². The van der Waals surface area contributed by atoms with E-state index < -0.39 is 0 Å². The molecule has 0 saturated carbocycles. The van der Waals surface area contributed by atoms with Gasteiger partial charge in [0.25, 0.3) is 11.8 Å². The van der Waals surface area contributed by atoms with E-state index in [2.05, 4.69) is 26.6 Å². The zero-order valence-electron chi connectivity index (χ0n) is 12.1. The van der Waals surface area contributed by atoms with E-state index in [0.29, 0.717) is 27.0 Å². The van der Waals surface area contributed by atoms with Crippen LogP contribution in [0.15, 0.2) is 46.9 Å². The maximum absolute atomic E-state index is 12.3. The van der Waals surface area contributed by atoms with Crippen LogP contribution < -0.4 is 15.4 Å². The van der Waals surface area contributed by atoms with Gasteiger partial charge >= 0.3 is 0 Å². The minimum atomic E-state index is -0.306. The predicted molar refractivity (Wildman–Crippen MR) is 88.5 cm³/mol. The van der Waals surface area contributed by atoms with Gasteiger partial charge in [-0.15, -0.1) is 0 Å². The Hall–Kier alpha value is -2.34. The summed E-state index contributed by atoms with van der Waals surface area (Å²) in [5.41, 5.74) is 1.32. The average Bonchev–Trinajstić information content (AvgIpc) is 2.54. The van der Waals surface area contributed by atoms with Gasteiger partial charge in [-0.05, 0) is 46.3 Å². The number of halogens is 1. The molecule has 2 N–H and O–H groups in total. The fourth-order valence-electron chi connectivity index (χ4n) is 1.93. The van der Waals surface area contributed by atoms with E-state index in [1.165, 1.54) is 0 Å². The summed E-state index contributed by atoms with van der Waals surface area (Å²) >= 11 is 3.34. The normalized spacial score (nSPS) is 9.95. The number of benzene rings is 2. The van der Waals surface area contributed by atoms with Crippen LogP contribution in [0.25, 0.3) is 0 Å². The number of ether oxygens (including phenoxy) is 1. The van der Waals surface area contributed by atoms with Crippen LogP contribution in [-0.4, -0.2) is 26.0 Å². The Morgan fingerprint density at radius 3 is 2.45 bits per heavy atom. The number of nitrogens with one attached hydrogen (secondary N) is 2. The van der Waals surface area contributed by atoms with Crippen LogP contribution in [-0.2, 0) is 0 Å². The summed E-state index contributed by atoms with van der Waals surface area (Å²) in [6.45, 7) is 0. The Kier molecular flexibility index (Phi) is 5.16. The van der Waals surface area contributed by atoms with E-state index in [1.807, 2.05) is 0 Å². The standard InChI is InChI=1S/C16H15BrN2O3/c1-18-16(21)11-5-3-4-6-13(11)19-15(20)10-7-8-14(22-2)12(17)9-10/h3-9H,1-2H3,(H,18,21)(H,19,20). The van der Waals surface area contributed by atoms with Gasteiger partial charge in [-0.3, -0.25) is 9.59 Å². The van der Waals surface area contributed by atoms with E-state index in [9.17, 15) is 9.59 Å². The lowest BCUT2D eigenvalue weighted by molar-refractivity contribution is 0.0964. The van der Waals surface area contributed by atoms with Crippen LogP contribution in [0.5, 0.6) is 5.75 Å². The first-order chi connectivity index (χ1) is 10.6. The Bertz CT molecular complexity index is 716. The fourth-order valence-corrected chi connectivity index (χ4v) is 2.47. The number of hydrogen-bond donors (Lipinski definition) is 2. The lowest BCUT2D eigenvalue weighted by Gasteiger charge is -2.11. The summed E-state index contributed by atoms with van der Waals surface area (Å²) in [4.78, 5) is 24.1. The molecule has 0 aliphatic heterocycles. The average molecular weight is 363 g/mol. The second-order valence-corrected chi connectivity index (χ2v) is 5.28. The zero-order valence-corrected chi connectivity index (χ0v) is 13.7. The summed E-state index contributed by atoms with van der Waals surface area (Å²) < 4.78 is 5.81. The molecule has 0 radical (unpaired) electrons. The molecule has 0 unspecified atom stereocenters. The van der Waals surface area contributed by atoms with Crippen LogP contribution in [0.4, 0.5) is 5.69 Å². The van der Waals surface area contributed by atoms with Gasteiger partial charge in [0, 0.05) is 12.6 Å². The van der Waals surface area contributed by atoms with Crippen LogP contribution in [0.3, 0.4) is 0 Å². The quantitative estimate of drug-likeness (QED) is 0.878. The third-order valence-electron chi connectivity index (χ3n) is 3.06. The van der Waals surface area contributed by atoms with Crippen molar-refractivity contribution in [3.63, 3.8) is 0 Å². The molecule has 6 heteroatoms. The molecule has 0 aliphatic carbocycles. The summed E-state index contributed by atoms with van der Waals surface area (Å²) in [5.74, 6) is 0.0776. The second-order valence-electron chi connectivity index (χ2n) is 4.43. The SMILES string of the molecule is CNC(=O)c1ccccc1NC(=O)c1ccc(OC)c(Br)c1. The number of amides is 2. The number of methoxy groups -OCH3 is 1. The van der Waals surface area contributed by atoms with Crippen molar-refractivity contribution in [3.05, 3.63) is 58.1 Å². The monoisotopic (exact) mass is 362 g/mol. The summed E-state index contributed by atoms with van der Waals surface area (Å²) in [7, 11) is 3.10. The molecular weight excluding hydrogens is 348 g/mol. The Morgan fingerprint density at radius 1 is 1.09 bits per heavy atom. The maximum Gasteiger partial charge on any atom is 0.255 e. The molecule has 2 rings (SSSR count). The van der Waals surface area contributed by atoms with Crippen LogP contribution in [0.1, 0.15) is 20.7 Å². The molecule has 5 nitrogen and oxygen atoms in total. The largest absolute Gasteiger partial charge is 0.496 e. The van der Waals surface area contributed by atoms with Gasteiger partial charge in [0.05, 0.1) is 22.8 Å². The number of carbonyl (C=O) groups excluding carboxylic acids is 2. The Morgan fingerprint density at radius 2 is 1.82 bits per heavy atom. The first kappa shape index (κ1) is 16.0. The van der Waals surface area contributed by atoms with Crippen molar-refractivity contribution in [3.8, 4) is 5.75 Å². The van der Waals surface area contributed by atoms with Crippen molar-refractivity contribution in [1.82, 2.24) is 5.32 Å². The lowest BCUT2D eigenvalue weighted by Crippen LogP contribution is -2.21. The van der Waals surface area contributed by atoms with Gasteiger partial charge in [-0.25, -0.2) is 0 Å². The summed E-state index contributed by atoms with van der Waals surface area (Å²) in [6, 6.07) is 11.8. The molecule has 0 spiro atoms. The lowest BCUT2D eigenvalue weighted by atomic mass is 10.1. The van der Waals surface area contributed by atoms with Crippen LogP contribution in [0.2, 0.25) is 0 Å². The highest BCUT2D eigenvalue weighted by molar-refractivity contribution is 9.10. The number of rotatable bonds is 4. The molecule has 114 valence electrons. The molecule has 0 aliphatic rings. The van der Waals surface area contributed by atoms with Crippen LogP contribution in [0, 0.1) is 0 Å². The second kappa shape index (κ2) is 7.09. The van der Waals surface area contributed by atoms with Crippen molar-refractivity contribution in [2.45, 2.75) is 0 Å². The molecule has 2 amide bonds. The van der Waals surface area contributed by atoms with Gasteiger partial charge < -0.3 is 15.4 Å². The van der Waals surface area contributed by atoms with E-state index >= 15 is 0 Å². The third-order valence-corrected chi connectivity index (χ3v) is 3.68. The third kappa shape index (κ3) is 3.46. The first-order valence-electron chi connectivity index (χ1n) is 6.52. The van der Waals surface area contributed by atoms with Crippen molar-refractivity contribution in [2.75, 3.05) is 19.5 Å². The highest BCUT2D eigenvalue weighted by Crippen LogP contribution is 2.26. The summed E-state index contributed by atoms with van der Waals surface area (Å²) in [6.07, 6.45) is 0. The van der Waals surface area contributed by atoms with Crippen molar-refractivity contribution >= 4 is 33.4 Å². The highest BCUT2D eigenvalue weighted by atomic mass is 79.9. The number of hydrogen-bond acceptors (Lipinski definition) is 3. The van der Waals surface area contributed by atoms with Gasteiger partial charge in [0.1, 0.15) is 5.75 Å². The number of anilines is 1. The smallest absolute Gasteiger partial charge is 0.255 e. The van der Waals surface area contributed by atoms with E-state index in [4.69, 9.17) is 4.74 Å². The minimum absolute atomic E-state index is 0.258. The first-order valence-corrected chi connectivity index (χ1v) is 7.32. The van der Waals surface area contributed by atoms with Crippen molar-refractivity contribution in [2.24, 2.45) is 0 Å².